The average Bonchev–Trinajstić information content (AvgIpc) is 2.27. The molecule has 0 saturated heterocycles. The van der Waals surface area contributed by atoms with Gasteiger partial charge in [-0.15, -0.1) is 0 Å². The normalized spacial score (nSPS) is 11.7. The summed E-state index contributed by atoms with van der Waals surface area (Å²) >= 11 is 4.81. The van der Waals surface area contributed by atoms with Crippen molar-refractivity contribution in [3.63, 3.8) is 0 Å². The van der Waals surface area contributed by atoms with Gasteiger partial charge in [0.1, 0.15) is 0 Å². The molecule has 0 heterocycles. The first-order chi connectivity index (χ1) is 8.40. The third-order valence-electron chi connectivity index (χ3n) is 2.53. The summed E-state index contributed by atoms with van der Waals surface area (Å²) in [6.07, 6.45) is 0.511. The van der Waals surface area contributed by atoms with Crippen molar-refractivity contribution in [3.05, 3.63) is 29.8 Å². The second-order valence-electron chi connectivity index (χ2n) is 4.49. The van der Waals surface area contributed by atoms with E-state index in [1.165, 1.54) is 0 Å². The number of carbonyl (C=O) groups is 1. The van der Waals surface area contributed by atoms with Crippen LogP contribution in [0, 0.1) is 0 Å². The van der Waals surface area contributed by atoms with Gasteiger partial charge in [-0.1, -0.05) is 12.2 Å². The van der Waals surface area contributed by atoms with Crippen LogP contribution < -0.4 is 16.0 Å². The van der Waals surface area contributed by atoms with E-state index in [1.54, 1.807) is 12.1 Å². The molecule has 1 aromatic rings. The van der Waals surface area contributed by atoms with E-state index in [1.807, 2.05) is 38.1 Å². The highest BCUT2D eigenvalue weighted by Gasteiger charge is 2.10. The average molecular weight is 265 g/mol. The van der Waals surface area contributed by atoms with E-state index in [9.17, 15) is 4.79 Å². The molecule has 1 unspecified atom stereocenters. The van der Waals surface area contributed by atoms with Gasteiger partial charge in [-0.05, 0) is 31.2 Å². The van der Waals surface area contributed by atoms with E-state index in [4.69, 9.17) is 18.0 Å². The second kappa shape index (κ2) is 6.35. The van der Waals surface area contributed by atoms with E-state index < -0.39 is 0 Å². The van der Waals surface area contributed by atoms with Crippen molar-refractivity contribution in [1.29, 1.82) is 0 Å². The molecule has 1 aromatic carbocycles. The van der Waals surface area contributed by atoms with E-state index >= 15 is 0 Å². The summed E-state index contributed by atoms with van der Waals surface area (Å²) in [4.78, 5) is 14.3. The predicted octanol–water partition coefficient (Wildman–Crippen LogP) is 1.55. The molecule has 0 spiro atoms. The molecule has 3 N–H and O–H groups in total. The molecule has 0 saturated carbocycles. The summed E-state index contributed by atoms with van der Waals surface area (Å²) in [7, 11) is 3.92. The SMILES string of the molecule is CC(CC(N)=S)NC(=O)c1ccc(N(C)C)cc1. The molecular formula is C13H19N3OS. The lowest BCUT2D eigenvalue weighted by atomic mass is 10.1. The molecule has 5 heteroatoms. The van der Waals surface area contributed by atoms with Crippen LogP contribution in [0.5, 0.6) is 0 Å². The van der Waals surface area contributed by atoms with Gasteiger partial charge in [0.25, 0.3) is 5.91 Å². The Morgan fingerprint density at radius 2 is 1.94 bits per heavy atom. The lowest BCUT2D eigenvalue weighted by molar-refractivity contribution is 0.0941. The first-order valence-electron chi connectivity index (χ1n) is 5.76. The van der Waals surface area contributed by atoms with Crippen molar-refractivity contribution in [1.82, 2.24) is 5.32 Å². The number of benzene rings is 1. The highest BCUT2D eigenvalue weighted by molar-refractivity contribution is 7.80. The molecule has 0 bridgehead atoms. The van der Waals surface area contributed by atoms with Crippen molar-refractivity contribution in [2.24, 2.45) is 5.73 Å². The van der Waals surface area contributed by atoms with Gasteiger partial charge in [0.2, 0.25) is 0 Å². The van der Waals surface area contributed by atoms with Crippen LogP contribution in [0.1, 0.15) is 23.7 Å². The number of hydrogen-bond donors (Lipinski definition) is 2. The summed E-state index contributed by atoms with van der Waals surface area (Å²) in [5, 5.41) is 2.86. The summed E-state index contributed by atoms with van der Waals surface area (Å²) in [5.41, 5.74) is 7.13. The van der Waals surface area contributed by atoms with Crippen LogP contribution in [0.4, 0.5) is 5.69 Å². The van der Waals surface area contributed by atoms with Crippen molar-refractivity contribution < 1.29 is 4.79 Å². The summed E-state index contributed by atoms with van der Waals surface area (Å²) in [6, 6.07) is 7.37. The maximum absolute atomic E-state index is 11.9. The first-order valence-corrected chi connectivity index (χ1v) is 6.17. The van der Waals surface area contributed by atoms with Gasteiger partial charge in [0.15, 0.2) is 0 Å². The van der Waals surface area contributed by atoms with E-state index in [0.717, 1.165) is 5.69 Å². The fraction of sp³-hybridized carbons (Fsp3) is 0.385. The highest BCUT2D eigenvalue weighted by atomic mass is 32.1. The molecule has 0 aliphatic carbocycles. The van der Waals surface area contributed by atoms with Crippen LogP contribution in [0.2, 0.25) is 0 Å². The van der Waals surface area contributed by atoms with Gasteiger partial charge < -0.3 is 16.0 Å². The van der Waals surface area contributed by atoms with Crippen LogP contribution in [-0.2, 0) is 0 Å². The molecule has 0 aliphatic rings. The minimum atomic E-state index is -0.107. The van der Waals surface area contributed by atoms with Crippen LogP contribution in [0.3, 0.4) is 0 Å². The Bertz CT molecular complexity index is 428. The second-order valence-corrected chi connectivity index (χ2v) is 5.01. The Morgan fingerprint density at radius 3 is 2.39 bits per heavy atom. The Balaban J connectivity index is 2.64. The highest BCUT2D eigenvalue weighted by Crippen LogP contribution is 2.12. The minimum absolute atomic E-state index is 0.0523. The Kier molecular flexibility index (Phi) is 5.09. The number of nitrogens with one attached hydrogen (secondary N) is 1. The number of carbonyl (C=O) groups excluding carboxylic acids is 1. The lowest BCUT2D eigenvalue weighted by Crippen LogP contribution is -2.35. The third-order valence-corrected chi connectivity index (χ3v) is 2.70. The van der Waals surface area contributed by atoms with Crippen molar-refractivity contribution in [2.45, 2.75) is 19.4 Å². The standard InChI is InChI=1S/C13H19N3OS/c1-9(8-12(14)18)15-13(17)10-4-6-11(7-5-10)16(2)3/h4-7,9H,8H2,1-3H3,(H2,14,18)(H,15,17). The fourth-order valence-corrected chi connectivity index (χ4v) is 1.82. The van der Waals surface area contributed by atoms with Crippen molar-refractivity contribution >= 4 is 28.8 Å². The number of hydrogen-bond acceptors (Lipinski definition) is 3. The molecule has 0 aliphatic heterocycles. The maximum atomic E-state index is 11.9. The van der Waals surface area contributed by atoms with Gasteiger partial charge in [0, 0.05) is 37.8 Å². The fourth-order valence-electron chi connectivity index (χ4n) is 1.57. The van der Waals surface area contributed by atoms with Gasteiger partial charge in [-0.25, -0.2) is 0 Å². The number of nitrogens with zero attached hydrogens (tertiary/aromatic N) is 1. The molecule has 0 radical (unpaired) electrons. The molecule has 1 rings (SSSR count). The summed E-state index contributed by atoms with van der Waals surface area (Å²) in [5.74, 6) is -0.107. The largest absolute Gasteiger partial charge is 0.393 e. The number of thiocarbonyl (C=S) groups is 1. The van der Waals surface area contributed by atoms with Gasteiger partial charge in [-0.3, -0.25) is 4.79 Å². The number of nitrogens with two attached hydrogens (primary N) is 1. The van der Waals surface area contributed by atoms with Gasteiger partial charge >= 0.3 is 0 Å². The number of rotatable bonds is 5. The third kappa shape index (κ3) is 4.33. The van der Waals surface area contributed by atoms with Gasteiger partial charge in [0.05, 0.1) is 4.99 Å². The van der Waals surface area contributed by atoms with Crippen molar-refractivity contribution in [3.8, 4) is 0 Å². The molecule has 18 heavy (non-hydrogen) atoms. The van der Waals surface area contributed by atoms with Gasteiger partial charge in [-0.2, -0.15) is 0 Å². The Labute approximate surface area is 113 Å². The monoisotopic (exact) mass is 265 g/mol. The topological polar surface area (TPSA) is 58.4 Å². The van der Waals surface area contributed by atoms with E-state index in [-0.39, 0.29) is 11.9 Å². The zero-order chi connectivity index (χ0) is 13.7. The van der Waals surface area contributed by atoms with E-state index in [2.05, 4.69) is 5.32 Å². The van der Waals surface area contributed by atoms with E-state index in [0.29, 0.717) is 17.0 Å². The van der Waals surface area contributed by atoms with Crippen LogP contribution in [0.25, 0.3) is 0 Å². The molecule has 4 nitrogen and oxygen atoms in total. The molecule has 0 fully saturated rings. The number of anilines is 1. The predicted molar refractivity (Wildman–Crippen MR) is 79.1 cm³/mol. The van der Waals surface area contributed by atoms with Crippen LogP contribution in [0.15, 0.2) is 24.3 Å². The summed E-state index contributed by atoms with van der Waals surface area (Å²) < 4.78 is 0. The Hall–Kier alpha value is -1.62. The molecule has 0 aromatic heterocycles. The van der Waals surface area contributed by atoms with Crippen molar-refractivity contribution in [2.75, 3.05) is 19.0 Å². The number of amides is 1. The molecular weight excluding hydrogens is 246 g/mol. The molecule has 98 valence electrons. The first kappa shape index (κ1) is 14.4. The molecule has 1 atom stereocenters. The molecule has 1 amide bonds. The maximum Gasteiger partial charge on any atom is 0.251 e. The summed E-state index contributed by atoms with van der Waals surface area (Å²) in [6.45, 7) is 1.88. The quantitative estimate of drug-likeness (QED) is 0.793. The minimum Gasteiger partial charge on any atom is -0.393 e. The zero-order valence-corrected chi connectivity index (χ0v) is 11.8. The lowest BCUT2D eigenvalue weighted by Gasteiger charge is -2.15. The van der Waals surface area contributed by atoms with Crippen LogP contribution >= 0.6 is 12.2 Å². The zero-order valence-electron chi connectivity index (χ0n) is 10.9. The Morgan fingerprint density at radius 1 is 1.39 bits per heavy atom. The van der Waals surface area contributed by atoms with Crippen LogP contribution in [-0.4, -0.2) is 31.0 Å². The smallest absolute Gasteiger partial charge is 0.251 e.